The van der Waals surface area contributed by atoms with E-state index in [-0.39, 0.29) is 6.61 Å². The molecule has 3 rings (SSSR count). The van der Waals surface area contributed by atoms with E-state index in [0.29, 0.717) is 49.8 Å². The van der Waals surface area contributed by atoms with Gasteiger partial charge in [-0.05, 0) is 48.9 Å². The van der Waals surface area contributed by atoms with E-state index in [9.17, 15) is 0 Å². The lowest BCUT2D eigenvalue weighted by Crippen LogP contribution is -2.07. The summed E-state index contributed by atoms with van der Waals surface area (Å²) in [6.07, 6.45) is 1.62. The van der Waals surface area contributed by atoms with E-state index in [1.54, 1.807) is 54.7 Å². The maximum atomic E-state index is 6.48. The Morgan fingerprint density at radius 1 is 0.875 bits per heavy atom. The van der Waals surface area contributed by atoms with Gasteiger partial charge in [-0.3, -0.25) is 0 Å². The van der Waals surface area contributed by atoms with Gasteiger partial charge in [-0.25, -0.2) is 0 Å². The molecule has 4 nitrogen and oxygen atoms in total. The zero-order valence-corrected chi connectivity index (χ0v) is 20.8. The second kappa shape index (κ2) is 11.9. The lowest BCUT2D eigenvalue weighted by Gasteiger charge is -2.15. The van der Waals surface area contributed by atoms with Crippen LogP contribution < -0.4 is 14.9 Å². The second-order valence-corrected chi connectivity index (χ2v) is 8.65. The summed E-state index contributed by atoms with van der Waals surface area (Å²) in [5, 5.41) is 6.83. The first-order valence-electron chi connectivity index (χ1n) is 9.61. The standard InChI is InChI=1S/C23H19Cl5N2O2/c1-2-31-22-9-14(11-29-30-12-17-18(25)4-3-5-19(17)26)8-21(28)23(22)32-13-15-6-7-16(24)10-20(15)27/h3-11,30H,2,12-13H2,1H3/b29-11+. The highest BCUT2D eigenvalue weighted by Gasteiger charge is 2.13. The van der Waals surface area contributed by atoms with E-state index in [2.05, 4.69) is 10.5 Å². The Morgan fingerprint density at radius 3 is 2.31 bits per heavy atom. The van der Waals surface area contributed by atoms with Gasteiger partial charge in [-0.2, -0.15) is 5.10 Å². The van der Waals surface area contributed by atoms with Gasteiger partial charge in [0.1, 0.15) is 6.61 Å². The first kappa shape index (κ1) is 24.8. The van der Waals surface area contributed by atoms with Crippen molar-refractivity contribution in [3.05, 3.63) is 90.3 Å². The number of hydrazone groups is 1. The Kier molecular flexibility index (Phi) is 9.21. The maximum absolute atomic E-state index is 6.48. The van der Waals surface area contributed by atoms with Gasteiger partial charge >= 0.3 is 0 Å². The van der Waals surface area contributed by atoms with Crippen LogP contribution in [0.1, 0.15) is 23.6 Å². The Balaban J connectivity index is 1.72. The molecule has 0 aliphatic carbocycles. The molecule has 0 aromatic heterocycles. The van der Waals surface area contributed by atoms with Crippen LogP contribution in [0.15, 0.2) is 53.6 Å². The highest BCUT2D eigenvalue weighted by Crippen LogP contribution is 2.37. The van der Waals surface area contributed by atoms with Gasteiger partial charge in [-0.1, -0.05) is 70.1 Å². The summed E-state index contributed by atoms with van der Waals surface area (Å²) >= 11 is 31.0. The van der Waals surface area contributed by atoms with Crippen molar-refractivity contribution in [2.45, 2.75) is 20.1 Å². The van der Waals surface area contributed by atoms with Gasteiger partial charge in [0.05, 0.1) is 24.4 Å². The van der Waals surface area contributed by atoms with Crippen LogP contribution >= 0.6 is 58.0 Å². The molecular weight excluding hydrogens is 514 g/mol. The van der Waals surface area contributed by atoms with Crippen LogP contribution in [0.2, 0.25) is 25.1 Å². The van der Waals surface area contributed by atoms with Crippen LogP contribution in [0.5, 0.6) is 11.5 Å². The number of ether oxygens (including phenoxy) is 2. The first-order chi connectivity index (χ1) is 15.4. The highest BCUT2D eigenvalue weighted by molar-refractivity contribution is 6.36. The van der Waals surface area contributed by atoms with Crippen LogP contribution in [0.25, 0.3) is 0 Å². The molecule has 0 heterocycles. The summed E-state index contributed by atoms with van der Waals surface area (Å²) in [5.41, 5.74) is 5.21. The summed E-state index contributed by atoms with van der Waals surface area (Å²) in [7, 11) is 0. The average Bonchev–Trinajstić information content (AvgIpc) is 2.74. The van der Waals surface area contributed by atoms with E-state index < -0.39 is 0 Å². The number of halogens is 5. The third kappa shape index (κ3) is 6.60. The Bertz CT molecular complexity index is 1100. The average molecular weight is 533 g/mol. The predicted octanol–water partition coefficient (Wildman–Crippen LogP) is 8.06. The summed E-state index contributed by atoms with van der Waals surface area (Å²) in [5.74, 6) is 0.924. The Morgan fingerprint density at radius 2 is 1.62 bits per heavy atom. The maximum Gasteiger partial charge on any atom is 0.180 e. The molecule has 32 heavy (non-hydrogen) atoms. The minimum Gasteiger partial charge on any atom is -0.490 e. The topological polar surface area (TPSA) is 42.8 Å². The molecule has 1 N–H and O–H groups in total. The normalized spacial score (nSPS) is 11.1. The van der Waals surface area contributed by atoms with E-state index in [1.807, 2.05) is 6.92 Å². The molecule has 0 bridgehead atoms. The number of benzene rings is 3. The van der Waals surface area contributed by atoms with Crippen molar-refractivity contribution >= 4 is 64.2 Å². The third-order valence-corrected chi connectivity index (χ3v) is 5.92. The monoisotopic (exact) mass is 530 g/mol. The third-order valence-electron chi connectivity index (χ3n) is 4.34. The van der Waals surface area contributed by atoms with Crippen molar-refractivity contribution in [3.8, 4) is 11.5 Å². The van der Waals surface area contributed by atoms with E-state index in [1.165, 1.54) is 0 Å². The van der Waals surface area contributed by atoms with E-state index >= 15 is 0 Å². The van der Waals surface area contributed by atoms with Crippen molar-refractivity contribution in [1.29, 1.82) is 0 Å². The molecule has 0 amide bonds. The molecule has 0 aliphatic rings. The summed E-state index contributed by atoms with van der Waals surface area (Å²) in [6.45, 7) is 2.91. The van der Waals surface area contributed by atoms with Crippen LogP contribution in [-0.4, -0.2) is 12.8 Å². The molecule has 3 aromatic rings. The zero-order chi connectivity index (χ0) is 23.1. The highest BCUT2D eigenvalue weighted by atomic mass is 35.5. The fourth-order valence-electron chi connectivity index (χ4n) is 2.80. The molecule has 0 atom stereocenters. The molecular formula is C23H19Cl5N2O2. The second-order valence-electron chi connectivity index (χ2n) is 6.58. The molecule has 168 valence electrons. The minimum atomic E-state index is 0.212. The number of nitrogens with zero attached hydrogens (tertiary/aromatic N) is 1. The molecule has 9 heteroatoms. The molecule has 0 saturated heterocycles. The van der Waals surface area contributed by atoms with Crippen molar-refractivity contribution < 1.29 is 9.47 Å². The van der Waals surface area contributed by atoms with Gasteiger partial charge in [0.25, 0.3) is 0 Å². The zero-order valence-electron chi connectivity index (χ0n) is 17.0. The van der Waals surface area contributed by atoms with Crippen LogP contribution in [0.4, 0.5) is 0 Å². The molecule has 3 aromatic carbocycles. The first-order valence-corrected chi connectivity index (χ1v) is 11.5. The van der Waals surface area contributed by atoms with Crippen molar-refractivity contribution in [3.63, 3.8) is 0 Å². The Labute approximate surface area is 212 Å². The van der Waals surface area contributed by atoms with Gasteiger partial charge < -0.3 is 14.9 Å². The Hall–Kier alpha value is -1.82. The molecule has 0 aliphatic heterocycles. The SMILES string of the molecule is CCOc1cc(/C=N/NCc2c(Cl)cccc2Cl)cc(Cl)c1OCc1ccc(Cl)cc1Cl. The molecule has 0 spiro atoms. The number of hydrogen-bond acceptors (Lipinski definition) is 4. The number of nitrogens with one attached hydrogen (secondary N) is 1. The summed E-state index contributed by atoms with van der Waals surface area (Å²) in [6, 6.07) is 14.1. The molecule has 0 radical (unpaired) electrons. The lowest BCUT2D eigenvalue weighted by molar-refractivity contribution is 0.269. The van der Waals surface area contributed by atoms with Crippen LogP contribution in [0, 0.1) is 0 Å². The van der Waals surface area contributed by atoms with Crippen molar-refractivity contribution in [2.75, 3.05) is 6.61 Å². The molecule has 0 unspecified atom stereocenters. The molecule has 0 saturated carbocycles. The minimum absolute atomic E-state index is 0.212. The van der Waals surface area contributed by atoms with Crippen molar-refractivity contribution in [2.24, 2.45) is 5.10 Å². The number of hydrogen-bond donors (Lipinski definition) is 1. The fourth-order valence-corrected chi connectivity index (χ4v) is 4.07. The predicted molar refractivity (Wildman–Crippen MR) is 134 cm³/mol. The van der Waals surface area contributed by atoms with E-state index in [0.717, 1.165) is 16.7 Å². The van der Waals surface area contributed by atoms with E-state index in [4.69, 9.17) is 67.5 Å². The largest absolute Gasteiger partial charge is 0.490 e. The summed E-state index contributed by atoms with van der Waals surface area (Å²) < 4.78 is 11.6. The summed E-state index contributed by atoms with van der Waals surface area (Å²) in [4.78, 5) is 0. The van der Waals surface area contributed by atoms with Crippen LogP contribution in [0.3, 0.4) is 0 Å². The molecule has 0 fully saturated rings. The van der Waals surface area contributed by atoms with Gasteiger partial charge in [0.15, 0.2) is 11.5 Å². The number of rotatable bonds is 9. The fraction of sp³-hybridized carbons (Fsp3) is 0.174. The van der Waals surface area contributed by atoms with Crippen LogP contribution in [-0.2, 0) is 13.2 Å². The smallest absolute Gasteiger partial charge is 0.180 e. The van der Waals surface area contributed by atoms with Gasteiger partial charge in [-0.15, -0.1) is 0 Å². The van der Waals surface area contributed by atoms with Gasteiger partial charge in [0.2, 0.25) is 0 Å². The quantitative estimate of drug-likeness (QED) is 0.224. The van der Waals surface area contributed by atoms with Crippen molar-refractivity contribution in [1.82, 2.24) is 5.43 Å². The lowest BCUT2D eigenvalue weighted by atomic mass is 10.2. The van der Waals surface area contributed by atoms with Gasteiger partial charge in [0, 0.05) is 31.2 Å².